The second-order valence-electron chi connectivity index (χ2n) is 5.35. The minimum absolute atomic E-state index is 0.0378. The van der Waals surface area contributed by atoms with Crippen molar-refractivity contribution in [2.24, 2.45) is 0 Å². The molecule has 3 aromatic rings. The van der Waals surface area contributed by atoms with E-state index in [1.165, 1.54) is 18.3 Å². The van der Waals surface area contributed by atoms with E-state index in [4.69, 9.17) is 11.6 Å². The number of rotatable bonds is 4. The van der Waals surface area contributed by atoms with Crippen LogP contribution in [0.3, 0.4) is 0 Å². The molecule has 0 aliphatic heterocycles. The Morgan fingerprint density at radius 1 is 1.17 bits per heavy atom. The van der Waals surface area contributed by atoms with E-state index in [-0.39, 0.29) is 10.9 Å². The Bertz CT molecular complexity index is 951. The largest absolute Gasteiger partial charge is 0.360 e. The van der Waals surface area contributed by atoms with Gasteiger partial charge in [-0.3, -0.25) is 9.59 Å². The quantitative estimate of drug-likeness (QED) is 0.763. The molecular weight excluding hydrogens is 331 g/mol. The maximum Gasteiger partial charge on any atom is 0.256 e. The fourth-order valence-electron chi connectivity index (χ4n) is 2.43. The number of nitrogens with one attached hydrogen (secondary N) is 2. The molecule has 2 N–H and O–H groups in total. The van der Waals surface area contributed by atoms with Gasteiger partial charge in [-0.15, -0.1) is 0 Å². The van der Waals surface area contributed by atoms with E-state index >= 15 is 0 Å². The molecule has 0 atom stereocenters. The topological polar surface area (TPSA) is 62.0 Å². The number of pyridine rings is 1. The molecule has 0 fully saturated rings. The number of aromatic amines is 1. The molecule has 3 rings (SSSR count). The summed E-state index contributed by atoms with van der Waals surface area (Å²) in [5.41, 5.74) is 0.977. The highest BCUT2D eigenvalue weighted by Gasteiger charge is 2.13. The number of aromatic nitrogens is 1. The highest BCUT2D eigenvalue weighted by molar-refractivity contribution is 6.30. The van der Waals surface area contributed by atoms with Crippen molar-refractivity contribution in [1.82, 2.24) is 10.3 Å². The summed E-state index contributed by atoms with van der Waals surface area (Å²) in [6, 6.07) is 11.2. The van der Waals surface area contributed by atoms with Crippen LogP contribution in [0.2, 0.25) is 5.02 Å². The molecule has 4 nitrogen and oxygen atoms in total. The Hall–Kier alpha value is -2.66. The molecular formula is C18H14ClFN2O2. The van der Waals surface area contributed by atoms with Gasteiger partial charge in [-0.1, -0.05) is 23.7 Å². The van der Waals surface area contributed by atoms with Crippen LogP contribution in [-0.2, 0) is 6.42 Å². The Balaban J connectivity index is 1.73. The summed E-state index contributed by atoms with van der Waals surface area (Å²) in [6.07, 6.45) is 1.96. The van der Waals surface area contributed by atoms with Gasteiger partial charge in [-0.2, -0.15) is 0 Å². The molecule has 24 heavy (non-hydrogen) atoms. The molecule has 0 spiro atoms. The third kappa shape index (κ3) is 3.46. The number of H-pyrrole nitrogens is 1. The zero-order chi connectivity index (χ0) is 17.1. The maximum absolute atomic E-state index is 13.3. The van der Waals surface area contributed by atoms with Crippen LogP contribution in [0.25, 0.3) is 10.9 Å². The van der Waals surface area contributed by atoms with Crippen molar-refractivity contribution in [2.75, 3.05) is 6.54 Å². The van der Waals surface area contributed by atoms with Crippen molar-refractivity contribution in [3.8, 4) is 0 Å². The van der Waals surface area contributed by atoms with Crippen LogP contribution in [0.4, 0.5) is 4.39 Å². The average molecular weight is 345 g/mol. The van der Waals surface area contributed by atoms with Crippen LogP contribution < -0.4 is 10.7 Å². The van der Waals surface area contributed by atoms with Gasteiger partial charge in [0, 0.05) is 28.7 Å². The van der Waals surface area contributed by atoms with Gasteiger partial charge in [0.15, 0.2) is 0 Å². The lowest BCUT2D eigenvalue weighted by atomic mass is 10.1. The van der Waals surface area contributed by atoms with E-state index in [0.717, 1.165) is 11.6 Å². The first-order valence-electron chi connectivity index (χ1n) is 7.38. The van der Waals surface area contributed by atoms with Crippen molar-refractivity contribution >= 4 is 28.4 Å². The van der Waals surface area contributed by atoms with Gasteiger partial charge in [-0.25, -0.2) is 4.39 Å². The van der Waals surface area contributed by atoms with Crippen LogP contribution in [0.15, 0.2) is 53.5 Å². The molecule has 1 aromatic heterocycles. The molecule has 2 aromatic carbocycles. The highest BCUT2D eigenvalue weighted by Crippen LogP contribution is 2.11. The predicted octanol–water partition coefficient (Wildman–Crippen LogP) is 3.29. The second kappa shape index (κ2) is 6.84. The number of amides is 1. The lowest BCUT2D eigenvalue weighted by Crippen LogP contribution is -2.30. The van der Waals surface area contributed by atoms with Crippen LogP contribution in [0.5, 0.6) is 0 Å². The third-order valence-electron chi connectivity index (χ3n) is 3.70. The van der Waals surface area contributed by atoms with E-state index < -0.39 is 17.2 Å². The molecule has 0 unspecified atom stereocenters. The first kappa shape index (κ1) is 16.2. The number of hydrogen-bond acceptors (Lipinski definition) is 2. The van der Waals surface area contributed by atoms with Crippen LogP contribution in [0, 0.1) is 5.82 Å². The third-order valence-corrected chi connectivity index (χ3v) is 3.95. The Kier molecular flexibility index (Phi) is 4.62. The van der Waals surface area contributed by atoms with E-state index in [9.17, 15) is 14.0 Å². The second-order valence-corrected chi connectivity index (χ2v) is 5.79. The average Bonchev–Trinajstić information content (AvgIpc) is 2.57. The van der Waals surface area contributed by atoms with Gasteiger partial charge in [0.2, 0.25) is 5.43 Å². The summed E-state index contributed by atoms with van der Waals surface area (Å²) < 4.78 is 13.3. The van der Waals surface area contributed by atoms with Gasteiger partial charge < -0.3 is 10.3 Å². The summed E-state index contributed by atoms with van der Waals surface area (Å²) >= 11 is 5.82. The lowest BCUT2D eigenvalue weighted by molar-refractivity contribution is 0.0953. The maximum atomic E-state index is 13.3. The molecule has 1 amide bonds. The molecule has 6 heteroatoms. The van der Waals surface area contributed by atoms with Gasteiger partial charge in [-0.05, 0) is 42.3 Å². The first-order chi connectivity index (χ1) is 11.5. The zero-order valence-electron chi connectivity index (χ0n) is 12.6. The minimum atomic E-state index is -0.520. The Labute approximate surface area is 142 Å². The van der Waals surface area contributed by atoms with Crippen LogP contribution >= 0.6 is 11.6 Å². The van der Waals surface area contributed by atoms with E-state index in [1.807, 2.05) is 12.1 Å². The summed E-state index contributed by atoms with van der Waals surface area (Å²) in [6.45, 7) is 0.376. The zero-order valence-corrected chi connectivity index (χ0v) is 13.4. The molecule has 0 bridgehead atoms. The molecule has 1 heterocycles. The number of fused-ring (bicyclic) bond motifs is 1. The fourth-order valence-corrected chi connectivity index (χ4v) is 2.55. The first-order valence-corrected chi connectivity index (χ1v) is 7.76. The molecule has 0 saturated carbocycles. The highest BCUT2D eigenvalue weighted by atomic mass is 35.5. The van der Waals surface area contributed by atoms with Crippen molar-refractivity contribution in [3.05, 3.63) is 80.9 Å². The van der Waals surface area contributed by atoms with Crippen molar-refractivity contribution < 1.29 is 9.18 Å². The summed E-state index contributed by atoms with van der Waals surface area (Å²) in [5.74, 6) is -1.01. The molecule has 0 radical (unpaired) electrons. The fraction of sp³-hybridized carbons (Fsp3) is 0.111. The van der Waals surface area contributed by atoms with Crippen molar-refractivity contribution in [1.29, 1.82) is 0 Å². The van der Waals surface area contributed by atoms with Gasteiger partial charge in [0.05, 0.1) is 0 Å². The number of carbonyl (C=O) groups is 1. The van der Waals surface area contributed by atoms with Crippen LogP contribution in [0.1, 0.15) is 15.9 Å². The summed E-state index contributed by atoms with van der Waals surface area (Å²) in [5, 5.41) is 3.50. The van der Waals surface area contributed by atoms with E-state index in [1.54, 1.807) is 12.1 Å². The van der Waals surface area contributed by atoms with E-state index in [0.29, 0.717) is 23.5 Å². The summed E-state index contributed by atoms with van der Waals surface area (Å²) in [4.78, 5) is 27.4. The van der Waals surface area contributed by atoms with Crippen molar-refractivity contribution in [2.45, 2.75) is 6.42 Å². The number of halogens is 2. The molecule has 0 aliphatic carbocycles. The van der Waals surface area contributed by atoms with Crippen LogP contribution in [-0.4, -0.2) is 17.4 Å². The van der Waals surface area contributed by atoms with Gasteiger partial charge >= 0.3 is 0 Å². The summed E-state index contributed by atoms with van der Waals surface area (Å²) in [7, 11) is 0. The number of carbonyl (C=O) groups excluding carboxylic acids is 1. The van der Waals surface area contributed by atoms with Gasteiger partial charge in [0.1, 0.15) is 11.4 Å². The Morgan fingerprint density at radius 3 is 2.67 bits per heavy atom. The monoisotopic (exact) mass is 344 g/mol. The van der Waals surface area contributed by atoms with E-state index in [2.05, 4.69) is 10.3 Å². The molecule has 122 valence electrons. The Morgan fingerprint density at radius 2 is 1.92 bits per heavy atom. The number of hydrogen-bond donors (Lipinski definition) is 2. The minimum Gasteiger partial charge on any atom is -0.360 e. The molecule has 0 aliphatic rings. The molecule has 0 saturated heterocycles. The number of benzene rings is 2. The van der Waals surface area contributed by atoms with Gasteiger partial charge in [0.25, 0.3) is 5.91 Å². The normalized spacial score (nSPS) is 10.8. The smallest absolute Gasteiger partial charge is 0.256 e. The lowest BCUT2D eigenvalue weighted by Gasteiger charge is -2.06. The standard InChI is InChI=1S/C18H14ClFN2O2/c19-12-3-1-11(2-4-12)7-8-21-18(24)15-10-22-16-6-5-13(20)9-14(16)17(15)23/h1-6,9-10H,7-8H2,(H,21,24)(H,22,23). The van der Waals surface area contributed by atoms with Crippen molar-refractivity contribution in [3.63, 3.8) is 0 Å². The SMILES string of the molecule is O=C(NCCc1ccc(Cl)cc1)c1c[nH]c2ccc(F)cc2c1=O. The predicted molar refractivity (Wildman–Crippen MR) is 92.0 cm³/mol.